The number of hydrogen-bond donors (Lipinski definition) is 1. The van der Waals surface area contributed by atoms with E-state index < -0.39 is 0 Å². The van der Waals surface area contributed by atoms with Crippen LogP contribution >= 0.6 is 0 Å². The lowest BCUT2D eigenvalue weighted by Crippen LogP contribution is -2.59. The van der Waals surface area contributed by atoms with Gasteiger partial charge in [-0.15, -0.1) is 0 Å². The van der Waals surface area contributed by atoms with Crippen LogP contribution in [0.3, 0.4) is 0 Å². The minimum atomic E-state index is 0.286. The van der Waals surface area contributed by atoms with Crippen LogP contribution in [0, 0.1) is 0 Å². The number of rotatable bonds is 0. The van der Waals surface area contributed by atoms with E-state index in [1.54, 1.807) is 0 Å². The van der Waals surface area contributed by atoms with Crippen LogP contribution in [0.25, 0.3) is 0 Å². The lowest BCUT2D eigenvalue weighted by molar-refractivity contribution is 0.00342. The highest BCUT2D eigenvalue weighted by Gasteiger charge is 2.51. The highest BCUT2D eigenvalue weighted by atomic mass is 16.6. The van der Waals surface area contributed by atoms with Gasteiger partial charge in [-0.25, -0.2) is 0 Å². The average molecular weight is 126 g/mol. The molecule has 2 bridgehead atoms. The van der Waals surface area contributed by atoms with E-state index in [0.717, 1.165) is 12.6 Å². The molecule has 0 aromatic carbocycles. The zero-order chi connectivity index (χ0) is 5.84. The molecule has 0 aromatic rings. The average Bonchev–Trinajstić information content (AvgIpc) is 2.18. The summed E-state index contributed by atoms with van der Waals surface area (Å²) < 4.78 is 5.57. The Hall–Kier alpha value is -0.120. The third kappa shape index (κ3) is 0.407. The SMILES string of the molecule is C1NC2OC1C1CCN21. The fourth-order valence-corrected chi connectivity index (χ4v) is 2.02. The molecule has 1 N–H and O–H groups in total. The molecule has 3 heterocycles. The van der Waals surface area contributed by atoms with Crippen LogP contribution in [0.5, 0.6) is 0 Å². The molecule has 50 valence electrons. The molecular weight excluding hydrogens is 116 g/mol. The monoisotopic (exact) mass is 126 g/mol. The minimum absolute atomic E-state index is 0.286. The van der Waals surface area contributed by atoms with Crippen LogP contribution in [0.1, 0.15) is 6.42 Å². The van der Waals surface area contributed by atoms with E-state index in [-0.39, 0.29) is 6.35 Å². The molecule has 3 unspecified atom stereocenters. The van der Waals surface area contributed by atoms with Crippen molar-refractivity contribution in [2.45, 2.75) is 24.9 Å². The summed E-state index contributed by atoms with van der Waals surface area (Å²) in [4.78, 5) is 2.40. The topological polar surface area (TPSA) is 24.5 Å². The van der Waals surface area contributed by atoms with Crippen LogP contribution in [-0.4, -0.2) is 36.5 Å². The Morgan fingerprint density at radius 1 is 1.56 bits per heavy atom. The molecule has 3 nitrogen and oxygen atoms in total. The summed E-state index contributed by atoms with van der Waals surface area (Å²) in [5.41, 5.74) is 0. The van der Waals surface area contributed by atoms with Crippen molar-refractivity contribution in [1.29, 1.82) is 0 Å². The second kappa shape index (κ2) is 1.31. The molecule has 3 aliphatic heterocycles. The second-order valence-corrected chi connectivity index (χ2v) is 3.03. The maximum atomic E-state index is 5.57. The lowest BCUT2D eigenvalue weighted by Gasteiger charge is -2.40. The van der Waals surface area contributed by atoms with Crippen molar-refractivity contribution in [2.24, 2.45) is 0 Å². The number of nitrogens with one attached hydrogen (secondary N) is 1. The predicted molar refractivity (Wildman–Crippen MR) is 31.8 cm³/mol. The van der Waals surface area contributed by atoms with Gasteiger partial charge in [0.05, 0.1) is 6.10 Å². The van der Waals surface area contributed by atoms with E-state index in [1.807, 2.05) is 0 Å². The van der Waals surface area contributed by atoms with Crippen molar-refractivity contribution < 1.29 is 4.74 Å². The summed E-state index contributed by atoms with van der Waals surface area (Å²) in [5, 5.41) is 3.29. The van der Waals surface area contributed by atoms with Gasteiger partial charge in [0.1, 0.15) is 0 Å². The van der Waals surface area contributed by atoms with Gasteiger partial charge in [0, 0.05) is 19.1 Å². The van der Waals surface area contributed by atoms with Crippen molar-refractivity contribution in [3.63, 3.8) is 0 Å². The predicted octanol–water partition coefficient (Wildman–Crippen LogP) is -0.654. The molecule has 3 fully saturated rings. The summed E-state index contributed by atoms with van der Waals surface area (Å²) in [5.74, 6) is 0. The van der Waals surface area contributed by atoms with Crippen molar-refractivity contribution in [3.05, 3.63) is 0 Å². The molecule has 3 rings (SSSR count). The van der Waals surface area contributed by atoms with Crippen molar-refractivity contribution >= 4 is 0 Å². The van der Waals surface area contributed by atoms with Gasteiger partial charge in [0.2, 0.25) is 0 Å². The highest BCUT2D eigenvalue weighted by Crippen LogP contribution is 2.35. The van der Waals surface area contributed by atoms with Gasteiger partial charge in [-0.1, -0.05) is 0 Å². The van der Waals surface area contributed by atoms with E-state index in [1.165, 1.54) is 13.0 Å². The Morgan fingerprint density at radius 3 is 3.00 bits per heavy atom. The molecule has 9 heavy (non-hydrogen) atoms. The Morgan fingerprint density at radius 2 is 2.56 bits per heavy atom. The quantitative estimate of drug-likeness (QED) is 0.466. The molecule has 0 aromatic heterocycles. The first kappa shape index (κ1) is 4.66. The fraction of sp³-hybridized carbons (Fsp3) is 1.00. The van der Waals surface area contributed by atoms with E-state index in [2.05, 4.69) is 10.2 Å². The Kier molecular flexibility index (Phi) is 0.678. The normalized spacial score (nSPS) is 55.3. The summed E-state index contributed by atoms with van der Waals surface area (Å²) in [7, 11) is 0. The Bertz CT molecular complexity index is 130. The third-order valence-electron chi connectivity index (χ3n) is 2.64. The van der Waals surface area contributed by atoms with Crippen LogP contribution in [-0.2, 0) is 4.74 Å². The first-order chi connectivity index (χ1) is 4.45. The molecule has 3 saturated heterocycles. The van der Waals surface area contributed by atoms with Gasteiger partial charge in [0.25, 0.3) is 0 Å². The van der Waals surface area contributed by atoms with E-state index in [0.29, 0.717) is 6.10 Å². The van der Waals surface area contributed by atoms with Gasteiger partial charge in [-0.05, 0) is 6.42 Å². The Labute approximate surface area is 54.0 Å². The van der Waals surface area contributed by atoms with Crippen LogP contribution in [0.2, 0.25) is 0 Å². The summed E-state index contributed by atoms with van der Waals surface area (Å²) in [6, 6.07) is 0.774. The molecule has 3 atom stereocenters. The highest BCUT2D eigenvalue weighted by molar-refractivity contribution is 5.00. The fourth-order valence-electron chi connectivity index (χ4n) is 2.02. The van der Waals surface area contributed by atoms with E-state index in [9.17, 15) is 0 Å². The second-order valence-electron chi connectivity index (χ2n) is 3.03. The zero-order valence-electron chi connectivity index (χ0n) is 5.21. The van der Waals surface area contributed by atoms with Gasteiger partial charge >= 0.3 is 0 Å². The molecule has 3 heteroatoms. The van der Waals surface area contributed by atoms with Crippen molar-refractivity contribution in [3.8, 4) is 0 Å². The first-order valence-corrected chi connectivity index (χ1v) is 3.60. The van der Waals surface area contributed by atoms with Gasteiger partial charge in [-0.2, -0.15) is 0 Å². The van der Waals surface area contributed by atoms with Gasteiger partial charge in [0.15, 0.2) is 6.35 Å². The lowest BCUT2D eigenvalue weighted by atomic mass is 9.98. The maximum Gasteiger partial charge on any atom is 0.166 e. The molecule has 3 aliphatic rings. The number of fused-ring (bicyclic) bond motifs is 5. The molecule has 0 radical (unpaired) electrons. The smallest absolute Gasteiger partial charge is 0.166 e. The summed E-state index contributed by atoms with van der Waals surface area (Å²) >= 11 is 0. The standard InChI is InChI=1S/C6H10N2O/c1-2-8-4(1)5-3-7-6(8)9-5/h4-7H,1-3H2. The van der Waals surface area contributed by atoms with Crippen LogP contribution < -0.4 is 5.32 Å². The molecule has 0 spiro atoms. The first-order valence-electron chi connectivity index (χ1n) is 3.60. The molecule has 0 aliphatic carbocycles. The number of ether oxygens (including phenoxy) is 1. The number of nitrogens with zero attached hydrogens (tertiary/aromatic N) is 1. The van der Waals surface area contributed by atoms with Gasteiger partial charge in [-0.3, -0.25) is 10.2 Å². The van der Waals surface area contributed by atoms with Crippen LogP contribution in [0.15, 0.2) is 0 Å². The molecule has 0 saturated carbocycles. The summed E-state index contributed by atoms with van der Waals surface area (Å²) in [6.07, 6.45) is 2.15. The van der Waals surface area contributed by atoms with Crippen molar-refractivity contribution in [1.82, 2.24) is 10.2 Å². The van der Waals surface area contributed by atoms with Crippen molar-refractivity contribution in [2.75, 3.05) is 13.1 Å². The van der Waals surface area contributed by atoms with E-state index >= 15 is 0 Å². The largest absolute Gasteiger partial charge is 0.344 e. The maximum absolute atomic E-state index is 5.57. The van der Waals surface area contributed by atoms with E-state index in [4.69, 9.17) is 4.74 Å². The van der Waals surface area contributed by atoms with Crippen LogP contribution in [0.4, 0.5) is 0 Å². The minimum Gasteiger partial charge on any atom is -0.344 e. The van der Waals surface area contributed by atoms with Gasteiger partial charge < -0.3 is 4.74 Å². The zero-order valence-corrected chi connectivity index (χ0v) is 5.21. The third-order valence-corrected chi connectivity index (χ3v) is 2.64. The molecule has 0 amide bonds. The molecular formula is C6H10N2O. The number of hydrogen-bond acceptors (Lipinski definition) is 3. The Balaban J connectivity index is 1.94. The summed E-state index contributed by atoms with van der Waals surface area (Å²) in [6.45, 7) is 2.31.